The van der Waals surface area contributed by atoms with E-state index >= 15 is 0 Å². The van der Waals surface area contributed by atoms with Crippen molar-refractivity contribution in [3.8, 4) is 17.2 Å². The van der Waals surface area contributed by atoms with E-state index in [2.05, 4.69) is 11.1 Å². The number of hydrogen-bond acceptors (Lipinski definition) is 4. The van der Waals surface area contributed by atoms with E-state index in [1.165, 1.54) is 0 Å². The molecule has 0 amide bonds. The van der Waals surface area contributed by atoms with Gasteiger partial charge in [-0.15, -0.1) is 0 Å². The van der Waals surface area contributed by atoms with Crippen molar-refractivity contribution in [1.82, 2.24) is 4.98 Å². The molecule has 136 valence electrons. The lowest BCUT2D eigenvalue weighted by Gasteiger charge is -2.13. The van der Waals surface area contributed by atoms with Crippen LogP contribution in [0.1, 0.15) is 16.8 Å². The van der Waals surface area contributed by atoms with Crippen LogP contribution in [0.25, 0.3) is 10.8 Å². The number of hydrogen-bond donors (Lipinski definition) is 0. The van der Waals surface area contributed by atoms with E-state index < -0.39 is 6.67 Å². The molecule has 0 bridgehead atoms. The number of nitrogens with zero attached hydrogens (tertiary/aromatic N) is 1. The number of alkyl halides is 1. The minimum atomic E-state index is -0.542. The Kier molecular flexibility index (Phi) is 5.56. The number of methoxy groups -OCH3 is 2. The van der Waals surface area contributed by atoms with Gasteiger partial charge in [0.05, 0.1) is 19.9 Å². The Morgan fingerprint density at radius 2 is 1.77 bits per heavy atom. The van der Waals surface area contributed by atoms with Crippen molar-refractivity contribution in [2.24, 2.45) is 0 Å². The molecule has 0 fully saturated rings. The van der Waals surface area contributed by atoms with Crippen LogP contribution in [0.5, 0.6) is 17.2 Å². The third-order valence-corrected chi connectivity index (χ3v) is 4.30. The largest absolute Gasteiger partial charge is 0.496 e. The van der Waals surface area contributed by atoms with E-state index in [-0.39, 0.29) is 6.61 Å². The number of fused-ring (bicyclic) bond motifs is 1. The molecule has 1 aromatic heterocycles. The number of aryl methyl sites for hydroxylation is 1. The zero-order chi connectivity index (χ0) is 18.5. The highest BCUT2D eigenvalue weighted by molar-refractivity contribution is 5.88. The van der Waals surface area contributed by atoms with E-state index in [4.69, 9.17) is 14.2 Å². The molecule has 0 saturated heterocycles. The smallest absolute Gasteiger partial charge is 0.161 e. The van der Waals surface area contributed by atoms with Gasteiger partial charge in [-0.2, -0.15) is 0 Å². The quantitative estimate of drug-likeness (QED) is 0.626. The molecule has 2 aromatic carbocycles. The molecule has 5 heteroatoms. The SMILES string of the molecule is COc1ccc(Cc2nccc3cc(OCCF)c(OC)cc23)cc1C. The van der Waals surface area contributed by atoms with E-state index in [1.807, 2.05) is 37.3 Å². The highest BCUT2D eigenvalue weighted by Crippen LogP contribution is 2.34. The Labute approximate surface area is 152 Å². The molecule has 0 aliphatic rings. The normalized spacial score (nSPS) is 10.8. The number of rotatable bonds is 7. The summed E-state index contributed by atoms with van der Waals surface area (Å²) in [5, 5.41) is 1.97. The van der Waals surface area contributed by atoms with Crippen LogP contribution in [-0.4, -0.2) is 32.5 Å². The Balaban J connectivity index is 1.99. The zero-order valence-electron chi connectivity index (χ0n) is 15.2. The molecule has 26 heavy (non-hydrogen) atoms. The summed E-state index contributed by atoms with van der Waals surface area (Å²) in [5.74, 6) is 1.98. The van der Waals surface area contributed by atoms with Crippen LogP contribution in [0.2, 0.25) is 0 Å². The molecule has 0 spiro atoms. The van der Waals surface area contributed by atoms with Crippen LogP contribution in [-0.2, 0) is 6.42 Å². The molecule has 0 aliphatic carbocycles. The maximum Gasteiger partial charge on any atom is 0.161 e. The van der Waals surface area contributed by atoms with Gasteiger partial charge in [0, 0.05) is 18.0 Å². The molecule has 0 N–H and O–H groups in total. The first-order valence-electron chi connectivity index (χ1n) is 8.44. The molecule has 0 saturated carbocycles. The van der Waals surface area contributed by atoms with Crippen molar-refractivity contribution >= 4 is 10.8 Å². The molecule has 3 rings (SSSR count). The van der Waals surface area contributed by atoms with Gasteiger partial charge in [0.15, 0.2) is 11.5 Å². The average Bonchev–Trinajstić information content (AvgIpc) is 2.66. The fourth-order valence-corrected chi connectivity index (χ4v) is 3.05. The van der Waals surface area contributed by atoms with Crippen LogP contribution in [0.3, 0.4) is 0 Å². The Hall–Kier alpha value is -2.82. The van der Waals surface area contributed by atoms with Gasteiger partial charge in [-0.25, -0.2) is 4.39 Å². The number of aromatic nitrogens is 1. The monoisotopic (exact) mass is 355 g/mol. The Morgan fingerprint density at radius 1 is 0.962 bits per heavy atom. The molecular weight excluding hydrogens is 333 g/mol. The molecule has 0 radical (unpaired) electrons. The molecule has 1 heterocycles. The van der Waals surface area contributed by atoms with Crippen LogP contribution in [0.4, 0.5) is 4.39 Å². The van der Waals surface area contributed by atoms with Gasteiger partial charge >= 0.3 is 0 Å². The van der Waals surface area contributed by atoms with Crippen molar-refractivity contribution in [1.29, 1.82) is 0 Å². The van der Waals surface area contributed by atoms with Gasteiger partial charge in [0.2, 0.25) is 0 Å². The summed E-state index contributed by atoms with van der Waals surface area (Å²) in [6.45, 7) is 1.49. The van der Waals surface area contributed by atoms with Crippen LogP contribution in [0, 0.1) is 6.92 Å². The van der Waals surface area contributed by atoms with Gasteiger partial charge in [-0.3, -0.25) is 4.98 Å². The topological polar surface area (TPSA) is 40.6 Å². The van der Waals surface area contributed by atoms with Crippen molar-refractivity contribution < 1.29 is 18.6 Å². The van der Waals surface area contributed by atoms with Crippen LogP contribution in [0.15, 0.2) is 42.6 Å². The van der Waals surface area contributed by atoms with Crippen molar-refractivity contribution in [3.05, 3.63) is 59.4 Å². The highest BCUT2D eigenvalue weighted by Gasteiger charge is 2.11. The molecule has 0 aliphatic heterocycles. The van der Waals surface area contributed by atoms with E-state index in [1.54, 1.807) is 20.4 Å². The van der Waals surface area contributed by atoms with E-state index in [9.17, 15) is 4.39 Å². The molecule has 0 unspecified atom stereocenters. The van der Waals surface area contributed by atoms with Gasteiger partial charge < -0.3 is 14.2 Å². The third-order valence-electron chi connectivity index (χ3n) is 4.30. The molecule has 0 atom stereocenters. The summed E-state index contributed by atoms with van der Waals surface area (Å²) in [6.07, 6.45) is 2.47. The molecule has 4 nitrogen and oxygen atoms in total. The van der Waals surface area contributed by atoms with Gasteiger partial charge in [0.25, 0.3) is 0 Å². The van der Waals surface area contributed by atoms with Crippen molar-refractivity contribution in [2.75, 3.05) is 27.5 Å². The minimum Gasteiger partial charge on any atom is -0.496 e. The first-order valence-corrected chi connectivity index (χ1v) is 8.44. The second-order valence-electron chi connectivity index (χ2n) is 6.00. The maximum absolute atomic E-state index is 12.4. The lowest BCUT2D eigenvalue weighted by Crippen LogP contribution is -2.01. The second kappa shape index (κ2) is 8.04. The summed E-state index contributed by atoms with van der Waals surface area (Å²) < 4.78 is 28.6. The third kappa shape index (κ3) is 3.72. The molecule has 3 aromatic rings. The van der Waals surface area contributed by atoms with Crippen LogP contribution >= 0.6 is 0 Å². The van der Waals surface area contributed by atoms with E-state index in [0.29, 0.717) is 17.9 Å². The fraction of sp³-hybridized carbons (Fsp3) is 0.286. The summed E-state index contributed by atoms with van der Waals surface area (Å²) in [4.78, 5) is 4.55. The highest BCUT2D eigenvalue weighted by atomic mass is 19.1. The van der Waals surface area contributed by atoms with Crippen molar-refractivity contribution in [2.45, 2.75) is 13.3 Å². The first-order chi connectivity index (χ1) is 12.7. The zero-order valence-corrected chi connectivity index (χ0v) is 15.2. The fourth-order valence-electron chi connectivity index (χ4n) is 3.05. The summed E-state index contributed by atoms with van der Waals surface area (Å²) >= 11 is 0. The second-order valence-corrected chi connectivity index (χ2v) is 6.00. The number of pyridine rings is 1. The Bertz CT molecular complexity index is 911. The number of halogens is 1. The predicted molar refractivity (Wildman–Crippen MR) is 100 cm³/mol. The summed E-state index contributed by atoms with van der Waals surface area (Å²) in [6, 6.07) is 11.8. The van der Waals surface area contributed by atoms with Gasteiger partial charge in [0.1, 0.15) is 19.0 Å². The number of benzene rings is 2. The lowest BCUT2D eigenvalue weighted by molar-refractivity contribution is 0.260. The summed E-state index contributed by atoms with van der Waals surface area (Å²) in [5.41, 5.74) is 3.19. The predicted octanol–water partition coefficient (Wildman–Crippen LogP) is 4.50. The standard InChI is InChI=1S/C21H22FNO3/c1-14-10-15(4-5-19(14)24-2)11-18-17-13-20(25-3)21(26-9-7-22)12-16(17)6-8-23-18/h4-6,8,10,12-13H,7,9,11H2,1-3H3. The van der Waals surface area contributed by atoms with Gasteiger partial charge in [-0.1, -0.05) is 12.1 Å². The average molecular weight is 355 g/mol. The lowest BCUT2D eigenvalue weighted by atomic mass is 10.0. The van der Waals surface area contributed by atoms with Crippen LogP contribution < -0.4 is 14.2 Å². The number of ether oxygens (including phenoxy) is 3. The van der Waals surface area contributed by atoms with Gasteiger partial charge in [-0.05, 0) is 47.7 Å². The maximum atomic E-state index is 12.4. The molecular formula is C21H22FNO3. The van der Waals surface area contributed by atoms with Crippen molar-refractivity contribution in [3.63, 3.8) is 0 Å². The minimum absolute atomic E-state index is 0.00489. The van der Waals surface area contributed by atoms with E-state index in [0.717, 1.165) is 33.3 Å². The first kappa shape index (κ1) is 18.0. The summed E-state index contributed by atoms with van der Waals surface area (Å²) in [7, 11) is 3.25. The Morgan fingerprint density at radius 3 is 2.46 bits per heavy atom.